The van der Waals surface area contributed by atoms with Crippen molar-refractivity contribution >= 4 is 38.3 Å². The van der Waals surface area contributed by atoms with E-state index >= 15 is 0 Å². The quantitative estimate of drug-likeness (QED) is 0.442. The summed E-state index contributed by atoms with van der Waals surface area (Å²) in [6, 6.07) is 12.8. The molecule has 0 saturated heterocycles. The van der Waals surface area contributed by atoms with Gasteiger partial charge in [0.05, 0.1) is 17.2 Å². The summed E-state index contributed by atoms with van der Waals surface area (Å²) in [5, 5.41) is 0.241. The van der Waals surface area contributed by atoms with Crippen LogP contribution in [0.1, 0.15) is 13.3 Å². The number of halogens is 3. The fourth-order valence-electron chi connectivity index (χ4n) is 3.51. The number of alkyl halides is 3. The second-order valence-electron chi connectivity index (χ2n) is 8.99. The van der Waals surface area contributed by atoms with Gasteiger partial charge in [-0.25, -0.2) is 18.2 Å². The number of hydroxylamine groups is 1. The van der Waals surface area contributed by atoms with E-state index in [-0.39, 0.29) is 11.9 Å². The van der Waals surface area contributed by atoms with Crippen LogP contribution in [0.5, 0.6) is 0 Å². The van der Waals surface area contributed by atoms with Gasteiger partial charge in [-0.15, -0.1) is 0 Å². The first kappa shape index (κ1) is 28.6. The topological polar surface area (TPSA) is 128 Å². The van der Waals surface area contributed by atoms with Gasteiger partial charge in [-0.1, -0.05) is 18.2 Å². The van der Waals surface area contributed by atoms with E-state index in [0.29, 0.717) is 11.8 Å². The number of anilines is 1. The van der Waals surface area contributed by atoms with E-state index in [4.69, 9.17) is 0 Å². The Morgan fingerprint density at radius 1 is 1.08 bits per heavy atom. The molecule has 0 bridgehead atoms. The molecular formula is C24H25F3N4O6S. The van der Waals surface area contributed by atoms with Gasteiger partial charge in [0.1, 0.15) is 0 Å². The van der Waals surface area contributed by atoms with E-state index in [1.54, 1.807) is 18.2 Å². The highest BCUT2D eigenvalue weighted by Crippen LogP contribution is 2.26. The Bertz CT molecular complexity index is 1540. The minimum absolute atomic E-state index is 0.241. The van der Waals surface area contributed by atoms with E-state index in [2.05, 4.69) is 9.82 Å². The summed E-state index contributed by atoms with van der Waals surface area (Å²) < 4.78 is 60.5. The molecule has 1 atom stereocenters. The van der Waals surface area contributed by atoms with Gasteiger partial charge in [-0.3, -0.25) is 14.2 Å². The van der Waals surface area contributed by atoms with Gasteiger partial charge in [-0.05, 0) is 48.7 Å². The first-order valence-electron chi connectivity index (χ1n) is 11.1. The van der Waals surface area contributed by atoms with Crippen molar-refractivity contribution < 1.29 is 36.0 Å². The molecule has 2 aromatic carbocycles. The van der Waals surface area contributed by atoms with Crippen LogP contribution in [0.2, 0.25) is 0 Å². The first-order chi connectivity index (χ1) is 17.5. The number of aryl methyl sites for hydroxylation is 1. The van der Waals surface area contributed by atoms with Crippen molar-refractivity contribution in [2.75, 3.05) is 25.3 Å². The van der Waals surface area contributed by atoms with Crippen molar-refractivity contribution in [2.45, 2.75) is 30.8 Å². The zero-order valence-corrected chi connectivity index (χ0v) is 21.7. The average Bonchev–Trinajstić information content (AvgIpc) is 2.85. The van der Waals surface area contributed by atoms with Crippen molar-refractivity contribution in [3.63, 3.8) is 0 Å². The van der Waals surface area contributed by atoms with Crippen LogP contribution in [-0.2, 0) is 30.8 Å². The number of nitrogens with one attached hydrogen (secondary N) is 1. The van der Waals surface area contributed by atoms with Gasteiger partial charge in [0.25, 0.3) is 11.5 Å². The van der Waals surface area contributed by atoms with E-state index in [0.717, 1.165) is 28.3 Å². The molecule has 1 N–H and O–H groups in total. The number of amides is 1. The maximum atomic E-state index is 13.0. The number of carbonyl (C=O) groups is 2. The van der Waals surface area contributed by atoms with Gasteiger partial charge in [-0.2, -0.15) is 18.7 Å². The van der Waals surface area contributed by atoms with Gasteiger partial charge in [0, 0.05) is 32.6 Å². The summed E-state index contributed by atoms with van der Waals surface area (Å²) in [5.41, 5.74) is 3.88. The van der Waals surface area contributed by atoms with Crippen LogP contribution in [0, 0.1) is 0 Å². The Balaban J connectivity index is 1.84. The number of hydrogen-bond acceptors (Lipinski definition) is 8. The molecule has 0 fully saturated rings. The Labute approximate surface area is 215 Å². The van der Waals surface area contributed by atoms with E-state index in [9.17, 15) is 36.0 Å². The largest absolute Gasteiger partial charge is 0.493 e. The van der Waals surface area contributed by atoms with Crippen LogP contribution in [0.3, 0.4) is 0 Å². The molecule has 0 aliphatic rings. The lowest BCUT2D eigenvalue weighted by atomic mass is 10.0. The number of fused-ring (bicyclic) bond motifs is 1. The molecular weight excluding hydrogens is 529 g/mol. The fraction of sp³-hybridized carbons (Fsp3) is 0.333. The van der Waals surface area contributed by atoms with Crippen LogP contribution >= 0.6 is 0 Å². The minimum Gasteiger partial charge on any atom is -0.378 e. The molecule has 204 valence electrons. The first-order valence-corrected chi connectivity index (χ1v) is 13.0. The van der Waals surface area contributed by atoms with E-state index in [1.165, 1.54) is 11.8 Å². The average molecular weight is 555 g/mol. The number of hydrogen-bond donors (Lipinski definition) is 1. The Hall–Kier alpha value is -3.94. The van der Waals surface area contributed by atoms with Gasteiger partial charge in [0.2, 0.25) is 0 Å². The SMILES string of the molecule is CN(C)c1ccc(-c2ccc3c(=O)n(CC[C@](C)(C(=O)NOC(=O)C(F)(F)F)S(C)(=O)=O)cnc3c2)cc1. The molecule has 0 unspecified atom stereocenters. The maximum Gasteiger partial charge on any atom is 0.493 e. The summed E-state index contributed by atoms with van der Waals surface area (Å²) in [6.45, 7) is 0.631. The molecule has 1 aromatic heterocycles. The van der Waals surface area contributed by atoms with Crippen LogP contribution in [0.15, 0.2) is 53.6 Å². The fourth-order valence-corrected chi connectivity index (χ4v) is 4.35. The smallest absolute Gasteiger partial charge is 0.378 e. The highest BCUT2D eigenvalue weighted by Gasteiger charge is 2.46. The third kappa shape index (κ3) is 5.96. The van der Waals surface area contributed by atoms with Crippen LogP contribution < -0.4 is 15.9 Å². The molecule has 0 saturated carbocycles. The zero-order valence-electron chi connectivity index (χ0n) is 20.9. The van der Waals surface area contributed by atoms with Crippen molar-refractivity contribution in [3.05, 3.63) is 59.1 Å². The number of sulfone groups is 1. The molecule has 3 rings (SSSR count). The third-order valence-corrected chi connectivity index (χ3v) is 8.16. The lowest BCUT2D eigenvalue weighted by molar-refractivity contribution is -0.207. The number of aromatic nitrogens is 2. The van der Waals surface area contributed by atoms with Gasteiger partial charge < -0.3 is 9.74 Å². The predicted octanol–water partition coefficient (Wildman–Crippen LogP) is 2.46. The minimum atomic E-state index is -5.39. The van der Waals surface area contributed by atoms with Crippen LogP contribution in [-0.4, -0.2) is 61.1 Å². The lowest BCUT2D eigenvalue weighted by Gasteiger charge is -2.26. The molecule has 0 spiro atoms. The molecule has 1 amide bonds. The van der Waals surface area contributed by atoms with Gasteiger partial charge in [0.15, 0.2) is 14.6 Å². The Kier molecular flexibility index (Phi) is 7.86. The van der Waals surface area contributed by atoms with E-state index < -0.39 is 44.6 Å². The molecule has 1 heterocycles. The molecule has 10 nitrogen and oxygen atoms in total. The maximum absolute atomic E-state index is 13.0. The summed E-state index contributed by atoms with van der Waals surface area (Å²) in [5.74, 6) is -4.21. The van der Waals surface area contributed by atoms with Gasteiger partial charge >= 0.3 is 12.1 Å². The zero-order chi connectivity index (χ0) is 28.5. The summed E-state index contributed by atoms with van der Waals surface area (Å²) >= 11 is 0. The summed E-state index contributed by atoms with van der Waals surface area (Å²) in [6.07, 6.45) is -4.03. The predicted molar refractivity (Wildman–Crippen MR) is 134 cm³/mol. The third-order valence-electron chi connectivity index (χ3n) is 6.14. The lowest BCUT2D eigenvalue weighted by Crippen LogP contribution is -2.51. The summed E-state index contributed by atoms with van der Waals surface area (Å²) in [4.78, 5) is 46.3. The molecule has 0 radical (unpaired) electrons. The van der Waals surface area contributed by atoms with Crippen molar-refractivity contribution in [1.29, 1.82) is 0 Å². The second-order valence-corrected chi connectivity index (χ2v) is 11.4. The second kappa shape index (κ2) is 10.4. The summed E-state index contributed by atoms with van der Waals surface area (Å²) in [7, 11) is -0.392. The van der Waals surface area contributed by atoms with Crippen LogP contribution in [0.25, 0.3) is 22.0 Å². The molecule has 38 heavy (non-hydrogen) atoms. The van der Waals surface area contributed by atoms with Crippen molar-refractivity contribution in [2.24, 2.45) is 0 Å². The molecule has 0 aliphatic heterocycles. The normalized spacial score (nSPS) is 13.6. The highest BCUT2D eigenvalue weighted by molar-refractivity contribution is 7.92. The Morgan fingerprint density at radius 3 is 2.24 bits per heavy atom. The van der Waals surface area contributed by atoms with E-state index in [1.807, 2.05) is 43.3 Å². The number of carbonyl (C=O) groups excluding carboxylic acids is 2. The molecule has 3 aromatic rings. The molecule has 0 aliphatic carbocycles. The highest BCUT2D eigenvalue weighted by atomic mass is 32.2. The number of benzene rings is 2. The standard InChI is InChI=1S/C24H25F3N4O6S/c1-23(38(4,35)36,21(33)29-37-22(34)24(25,26)27)11-12-31-14-28-19-13-16(7-10-18(19)20(31)32)15-5-8-17(9-6-15)30(2)3/h5-10,13-14H,11-12H2,1-4H3,(H,29,33)/t23-/m1/s1. The molecule has 14 heteroatoms. The number of rotatable bonds is 7. The van der Waals surface area contributed by atoms with Crippen molar-refractivity contribution in [3.8, 4) is 11.1 Å². The monoisotopic (exact) mass is 554 g/mol. The number of nitrogens with zero attached hydrogens (tertiary/aromatic N) is 3. The van der Waals surface area contributed by atoms with Crippen molar-refractivity contribution in [1.82, 2.24) is 15.0 Å². The Morgan fingerprint density at radius 2 is 1.68 bits per heavy atom. The van der Waals surface area contributed by atoms with Crippen LogP contribution in [0.4, 0.5) is 18.9 Å².